The number of rotatable bonds is 4. The Hall–Kier alpha value is -2.77. The van der Waals surface area contributed by atoms with Crippen molar-refractivity contribution in [1.82, 2.24) is 14.4 Å². The van der Waals surface area contributed by atoms with Crippen LogP contribution < -0.4 is 5.32 Å². The fourth-order valence-corrected chi connectivity index (χ4v) is 3.53. The molecule has 0 atom stereocenters. The maximum atomic E-state index is 12.8. The highest BCUT2D eigenvalue weighted by atomic mass is 35.5. The number of imidazole rings is 1. The van der Waals surface area contributed by atoms with Gasteiger partial charge in [0.25, 0.3) is 0 Å². The number of thiazole rings is 1. The fourth-order valence-electron chi connectivity index (χ4n) is 2.54. The van der Waals surface area contributed by atoms with Crippen LogP contribution in [0.15, 0.2) is 54.2 Å². The minimum atomic E-state index is -0.587. The topological polar surface area (TPSA) is 59.3 Å². The van der Waals surface area contributed by atoms with Crippen molar-refractivity contribution in [3.05, 3.63) is 70.8 Å². The summed E-state index contributed by atoms with van der Waals surface area (Å²) in [6.07, 6.45) is 3.36. The molecule has 0 bridgehead atoms. The SMILES string of the molecule is O=C(Cc1csc2nc(-c3ccc(Cl)cc3)cn12)Nc1ccc(F)nc1. The summed E-state index contributed by atoms with van der Waals surface area (Å²) in [6, 6.07) is 10.1. The summed E-state index contributed by atoms with van der Waals surface area (Å²) >= 11 is 7.39. The molecule has 5 nitrogen and oxygen atoms in total. The number of amides is 1. The number of nitrogens with one attached hydrogen (secondary N) is 1. The van der Waals surface area contributed by atoms with Gasteiger partial charge in [0.15, 0.2) is 4.96 Å². The number of fused-ring (bicyclic) bond motifs is 1. The third-order valence-electron chi connectivity index (χ3n) is 3.78. The predicted octanol–water partition coefficient (Wildman–Crippen LogP) is 4.43. The van der Waals surface area contributed by atoms with E-state index >= 15 is 0 Å². The molecule has 1 aromatic carbocycles. The number of hydrogen-bond acceptors (Lipinski definition) is 4. The minimum absolute atomic E-state index is 0.174. The number of benzene rings is 1. The second-order valence-electron chi connectivity index (χ2n) is 5.61. The number of hydrogen-bond donors (Lipinski definition) is 1. The molecule has 26 heavy (non-hydrogen) atoms. The molecule has 4 rings (SSSR count). The van der Waals surface area contributed by atoms with Crippen molar-refractivity contribution in [2.75, 3.05) is 5.32 Å². The van der Waals surface area contributed by atoms with Gasteiger partial charge in [-0.1, -0.05) is 23.7 Å². The average molecular weight is 387 g/mol. The maximum Gasteiger partial charge on any atom is 0.230 e. The van der Waals surface area contributed by atoms with E-state index in [0.717, 1.165) is 21.9 Å². The zero-order valence-corrected chi connectivity index (χ0v) is 14.9. The lowest BCUT2D eigenvalue weighted by molar-refractivity contribution is -0.115. The van der Waals surface area contributed by atoms with E-state index in [-0.39, 0.29) is 12.3 Å². The van der Waals surface area contributed by atoms with Crippen molar-refractivity contribution in [3.8, 4) is 11.3 Å². The Bertz CT molecular complexity index is 1070. The van der Waals surface area contributed by atoms with Gasteiger partial charge in [0, 0.05) is 27.9 Å². The van der Waals surface area contributed by atoms with Crippen LogP contribution in [0.4, 0.5) is 10.1 Å². The van der Waals surface area contributed by atoms with Crippen LogP contribution in [-0.4, -0.2) is 20.3 Å². The van der Waals surface area contributed by atoms with Crippen LogP contribution >= 0.6 is 22.9 Å². The molecule has 1 amide bonds. The van der Waals surface area contributed by atoms with Gasteiger partial charge in [-0.15, -0.1) is 11.3 Å². The summed E-state index contributed by atoms with van der Waals surface area (Å²) in [5.74, 6) is -0.796. The van der Waals surface area contributed by atoms with Crippen LogP contribution in [0.25, 0.3) is 16.2 Å². The zero-order valence-electron chi connectivity index (χ0n) is 13.3. The Kier molecular flexibility index (Phi) is 4.40. The van der Waals surface area contributed by atoms with E-state index in [2.05, 4.69) is 15.3 Å². The lowest BCUT2D eigenvalue weighted by Crippen LogP contribution is -2.15. The van der Waals surface area contributed by atoms with Crippen LogP contribution in [-0.2, 0) is 11.2 Å². The third kappa shape index (κ3) is 3.44. The summed E-state index contributed by atoms with van der Waals surface area (Å²) in [5.41, 5.74) is 3.05. The predicted molar refractivity (Wildman–Crippen MR) is 100 cm³/mol. The van der Waals surface area contributed by atoms with Gasteiger partial charge in [-0.2, -0.15) is 4.39 Å². The molecule has 8 heteroatoms. The van der Waals surface area contributed by atoms with Gasteiger partial charge in [0.1, 0.15) is 0 Å². The van der Waals surface area contributed by atoms with Gasteiger partial charge >= 0.3 is 0 Å². The minimum Gasteiger partial charge on any atom is -0.324 e. The second-order valence-corrected chi connectivity index (χ2v) is 6.88. The van der Waals surface area contributed by atoms with Crippen LogP contribution in [0.2, 0.25) is 5.02 Å². The van der Waals surface area contributed by atoms with Crippen molar-refractivity contribution in [3.63, 3.8) is 0 Å². The molecule has 4 aromatic rings. The number of halogens is 2. The quantitative estimate of drug-likeness (QED) is 0.528. The number of carbonyl (C=O) groups is 1. The Balaban J connectivity index is 1.54. The molecule has 0 radical (unpaired) electrons. The first kappa shape index (κ1) is 16.7. The first-order chi connectivity index (χ1) is 12.6. The molecule has 3 heterocycles. The lowest BCUT2D eigenvalue weighted by atomic mass is 10.2. The Morgan fingerprint density at radius 2 is 2.04 bits per heavy atom. The van der Waals surface area contributed by atoms with E-state index in [4.69, 9.17) is 11.6 Å². The summed E-state index contributed by atoms with van der Waals surface area (Å²) in [6.45, 7) is 0. The first-order valence-corrected chi connectivity index (χ1v) is 8.97. The van der Waals surface area contributed by atoms with Gasteiger partial charge in [0.2, 0.25) is 11.9 Å². The maximum absolute atomic E-state index is 12.8. The number of anilines is 1. The molecule has 0 saturated heterocycles. The highest BCUT2D eigenvalue weighted by molar-refractivity contribution is 7.15. The second kappa shape index (κ2) is 6.86. The summed E-state index contributed by atoms with van der Waals surface area (Å²) in [7, 11) is 0. The van der Waals surface area contributed by atoms with Crippen molar-refractivity contribution >= 4 is 39.5 Å². The molecule has 0 unspecified atom stereocenters. The number of aromatic nitrogens is 3. The van der Waals surface area contributed by atoms with Gasteiger partial charge in [-0.05, 0) is 24.3 Å². The van der Waals surface area contributed by atoms with E-state index in [1.54, 1.807) is 0 Å². The number of nitrogens with zero attached hydrogens (tertiary/aromatic N) is 3. The largest absolute Gasteiger partial charge is 0.324 e. The van der Waals surface area contributed by atoms with Gasteiger partial charge in [-0.25, -0.2) is 9.97 Å². The number of carbonyl (C=O) groups excluding carboxylic acids is 1. The van der Waals surface area contributed by atoms with E-state index < -0.39 is 5.95 Å². The molecule has 1 N–H and O–H groups in total. The third-order valence-corrected chi connectivity index (χ3v) is 4.92. The average Bonchev–Trinajstić information content (AvgIpc) is 3.20. The van der Waals surface area contributed by atoms with Crippen LogP contribution in [0, 0.1) is 5.95 Å². The van der Waals surface area contributed by atoms with Crippen molar-refractivity contribution in [2.45, 2.75) is 6.42 Å². The van der Waals surface area contributed by atoms with Crippen LogP contribution in [0.3, 0.4) is 0 Å². The molecular weight excluding hydrogens is 375 g/mol. The van der Waals surface area contributed by atoms with E-state index in [9.17, 15) is 9.18 Å². The molecule has 0 aliphatic rings. The van der Waals surface area contributed by atoms with Crippen molar-refractivity contribution in [1.29, 1.82) is 0 Å². The fraction of sp³-hybridized carbons (Fsp3) is 0.0556. The molecule has 0 fully saturated rings. The molecular formula is C18H12ClFN4OS. The number of pyridine rings is 1. The Morgan fingerprint density at radius 3 is 2.77 bits per heavy atom. The summed E-state index contributed by atoms with van der Waals surface area (Å²) in [4.78, 5) is 21.2. The normalized spacial score (nSPS) is 11.0. The van der Waals surface area contributed by atoms with Gasteiger partial charge in [0.05, 0.1) is 24.0 Å². The smallest absolute Gasteiger partial charge is 0.230 e. The Labute approximate surface area is 157 Å². The zero-order chi connectivity index (χ0) is 18.1. The highest BCUT2D eigenvalue weighted by Crippen LogP contribution is 2.25. The molecule has 3 aromatic heterocycles. The molecule has 0 spiro atoms. The molecule has 130 valence electrons. The van der Waals surface area contributed by atoms with E-state index in [1.165, 1.54) is 29.7 Å². The molecule has 0 saturated carbocycles. The van der Waals surface area contributed by atoms with Gasteiger partial charge < -0.3 is 5.32 Å². The highest BCUT2D eigenvalue weighted by Gasteiger charge is 2.13. The molecule has 0 aliphatic carbocycles. The first-order valence-electron chi connectivity index (χ1n) is 7.71. The van der Waals surface area contributed by atoms with Gasteiger partial charge in [-0.3, -0.25) is 9.20 Å². The van der Waals surface area contributed by atoms with E-state index in [1.807, 2.05) is 40.2 Å². The standard InChI is InChI=1S/C18H12ClFN4OS/c19-12-3-1-11(2-4-12)15-9-24-14(10-26-18(24)23-15)7-17(25)22-13-5-6-16(20)21-8-13/h1-6,8-10H,7H2,(H,22,25). The Morgan fingerprint density at radius 1 is 1.23 bits per heavy atom. The van der Waals surface area contributed by atoms with Crippen LogP contribution in [0.1, 0.15) is 5.69 Å². The summed E-state index contributed by atoms with van der Waals surface area (Å²) in [5, 5.41) is 5.27. The van der Waals surface area contributed by atoms with E-state index in [0.29, 0.717) is 10.7 Å². The van der Waals surface area contributed by atoms with Crippen molar-refractivity contribution in [2.24, 2.45) is 0 Å². The van der Waals surface area contributed by atoms with Crippen LogP contribution in [0.5, 0.6) is 0 Å². The lowest BCUT2D eigenvalue weighted by Gasteiger charge is -2.04. The summed E-state index contributed by atoms with van der Waals surface area (Å²) < 4.78 is 14.7. The van der Waals surface area contributed by atoms with Crippen molar-refractivity contribution < 1.29 is 9.18 Å². The molecule has 0 aliphatic heterocycles. The monoisotopic (exact) mass is 386 g/mol.